The molecule has 0 aromatic carbocycles. The minimum atomic E-state index is -4.15. The Hall–Kier alpha value is 0.790. The second kappa shape index (κ2) is 8.39. The van der Waals surface area contributed by atoms with Gasteiger partial charge in [-0.2, -0.15) is 8.42 Å². The number of rotatable bonds is 6. The van der Waals surface area contributed by atoms with Gasteiger partial charge in [0.25, 0.3) is 0 Å². The monoisotopic (exact) mass is 209 g/mol. The molecule has 0 aromatic rings. The van der Waals surface area contributed by atoms with Crippen molar-refractivity contribution in [2.75, 3.05) is 13.2 Å². The molecular weight excluding hydrogens is 199 g/mol. The van der Waals surface area contributed by atoms with Crippen LogP contribution >= 0.6 is 0 Å². The maximum Gasteiger partial charge on any atom is 0.453 e. The molecule has 0 N–H and O–H groups in total. The summed E-state index contributed by atoms with van der Waals surface area (Å²) in [5.74, 6) is 0. The van der Waals surface area contributed by atoms with Crippen molar-refractivity contribution in [2.24, 2.45) is 0 Å². The van der Waals surface area contributed by atoms with Gasteiger partial charge >= 0.3 is 10.4 Å². The predicted octanol–water partition coefficient (Wildman–Crippen LogP) is -0.213. The Labute approximate surface area is 93.6 Å². The third kappa shape index (κ3) is 8.88. The number of hydrogen-bond acceptors (Lipinski definition) is 6. The van der Waals surface area contributed by atoms with Gasteiger partial charge in [-0.05, 0) is 13.8 Å². The first kappa shape index (κ1) is 15.3. The summed E-state index contributed by atoms with van der Waals surface area (Å²) in [6, 6.07) is 0. The van der Waals surface area contributed by atoms with Crippen LogP contribution in [0.4, 0.5) is 0 Å². The normalized spacial score (nSPS) is 10.8. The first-order chi connectivity index (χ1) is 5.12. The maximum absolute atomic E-state index is 10.5. The molecule has 0 heterocycles. The SMILES string of the molecule is CCOOS(=O)(=O)OOCC.[Na]. The molecule has 0 aliphatic carbocycles. The van der Waals surface area contributed by atoms with Crippen LogP contribution in [0.25, 0.3) is 0 Å². The van der Waals surface area contributed by atoms with Crippen LogP contribution < -0.4 is 0 Å². The molecule has 0 fully saturated rings. The minimum absolute atomic E-state index is 0. The molecule has 0 aliphatic rings. The Morgan fingerprint density at radius 3 is 1.58 bits per heavy atom. The molecule has 0 saturated carbocycles. The number of hydrogen-bond donors (Lipinski definition) is 0. The van der Waals surface area contributed by atoms with Crippen LogP contribution in [0.2, 0.25) is 0 Å². The van der Waals surface area contributed by atoms with Crippen molar-refractivity contribution in [1.29, 1.82) is 0 Å². The van der Waals surface area contributed by atoms with Crippen molar-refractivity contribution in [3.8, 4) is 0 Å². The van der Waals surface area contributed by atoms with Gasteiger partial charge in [-0.3, -0.25) is 0 Å². The quantitative estimate of drug-likeness (QED) is 0.342. The zero-order chi connectivity index (χ0) is 8.74. The van der Waals surface area contributed by atoms with Gasteiger partial charge in [0.05, 0.1) is 13.2 Å². The van der Waals surface area contributed by atoms with Crippen molar-refractivity contribution in [1.82, 2.24) is 0 Å². The summed E-state index contributed by atoms with van der Waals surface area (Å²) in [5, 5.41) is 0. The summed E-state index contributed by atoms with van der Waals surface area (Å²) in [6.07, 6.45) is 0. The Balaban J connectivity index is 0. The van der Waals surface area contributed by atoms with E-state index < -0.39 is 10.4 Å². The van der Waals surface area contributed by atoms with E-state index >= 15 is 0 Å². The molecular formula is C4H10NaO6S. The van der Waals surface area contributed by atoms with Crippen molar-refractivity contribution >= 4 is 40.0 Å². The van der Waals surface area contributed by atoms with E-state index in [1.54, 1.807) is 13.8 Å². The summed E-state index contributed by atoms with van der Waals surface area (Å²) < 4.78 is 28.5. The Kier molecular flexibility index (Phi) is 10.7. The molecule has 0 saturated heterocycles. The summed E-state index contributed by atoms with van der Waals surface area (Å²) in [4.78, 5) is 8.20. The van der Waals surface area contributed by atoms with E-state index in [4.69, 9.17) is 0 Å². The average Bonchev–Trinajstić information content (AvgIpc) is 1.97. The predicted molar refractivity (Wildman–Crippen MR) is 40.1 cm³/mol. The van der Waals surface area contributed by atoms with Gasteiger partial charge in [0.1, 0.15) is 0 Å². The largest absolute Gasteiger partial charge is 0.453 e. The third-order valence-corrected chi connectivity index (χ3v) is 1.02. The van der Waals surface area contributed by atoms with E-state index in [2.05, 4.69) is 18.4 Å². The van der Waals surface area contributed by atoms with E-state index in [9.17, 15) is 8.42 Å². The minimum Gasteiger partial charge on any atom is -0.218 e. The molecule has 0 atom stereocenters. The summed E-state index contributed by atoms with van der Waals surface area (Å²) in [5.41, 5.74) is 0. The first-order valence-corrected chi connectivity index (χ1v) is 4.32. The fourth-order valence-electron chi connectivity index (χ4n) is 0.225. The second-order valence-electron chi connectivity index (χ2n) is 1.36. The zero-order valence-electron chi connectivity index (χ0n) is 7.27. The van der Waals surface area contributed by atoms with Gasteiger partial charge in [-0.15, -0.1) is 0 Å². The average molecular weight is 209 g/mol. The van der Waals surface area contributed by atoms with Crippen LogP contribution in [0.3, 0.4) is 0 Å². The van der Waals surface area contributed by atoms with Gasteiger partial charge in [0.2, 0.25) is 0 Å². The van der Waals surface area contributed by atoms with Gasteiger partial charge < -0.3 is 0 Å². The van der Waals surface area contributed by atoms with Crippen LogP contribution in [0.15, 0.2) is 0 Å². The fourth-order valence-corrected chi connectivity index (χ4v) is 0.676. The van der Waals surface area contributed by atoms with Crippen molar-refractivity contribution in [3.05, 3.63) is 0 Å². The first-order valence-electron chi connectivity index (χ1n) is 2.99. The summed E-state index contributed by atoms with van der Waals surface area (Å²) in [7, 11) is -4.15. The molecule has 0 amide bonds. The molecule has 6 nitrogen and oxygen atoms in total. The maximum atomic E-state index is 10.5. The third-order valence-electron chi connectivity index (χ3n) is 0.499. The summed E-state index contributed by atoms with van der Waals surface area (Å²) >= 11 is 0. The van der Waals surface area contributed by atoms with Crippen molar-refractivity contribution in [3.63, 3.8) is 0 Å². The Morgan fingerprint density at radius 2 is 1.33 bits per heavy atom. The molecule has 0 aromatic heterocycles. The molecule has 0 rings (SSSR count). The van der Waals surface area contributed by atoms with Gasteiger partial charge in [0, 0.05) is 29.6 Å². The molecule has 0 aliphatic heterocycles. The van der Waals surface area contributed by atoms with Crippen LogP contribution in [-0.2, 0) is 28.8 Å². The molecule has 69 valence electrons. The van der Waals surface area contributed by atoms with Crippen LogP contribution in [-0.4, -0.2) is 51.2 Å². The van der Waals surface area contributed by atoms with Gasteiger partial charge in [-0.1, -0.05) is 8.67 Å². The van der Waals surface area contributed by atoms with E-state index in [0.29, 0.717) is 0 Å². The fraction of sp³-hybridized carbons (Fsp3) is 1.00. The molecule has 8 heteroatoms. The van der Waals surface area contributed by atoms with E-state index in [1.165, 1.54) is 0 Å². The van der Waals surface area contributed by atoms with E-state index in [0.717, 1.165) is 0 Å². The molecule has 12 heavy (non-hydrogen) atoms. The van der Waals surface area contributed by atoms with Gasteiger partial charge in [-0.25, -0.2) is 9.78 Å². The Morgan fingerprint density at radius 1 is 1.00 bits per heavy atom. The molecule has 0 spiro atoms. The van der Waals surface area contributed by atoms with Crippen LogP contribution in [0.5, 0.6) is 0 Å². The van der Waals surface area contributed by atoms with Crippen LogP contribution in [0, 0.1) is 0 Å². The van der Waals surface area contributed by atoms with E-state index in [-0.39, 0.29) is 42.8 Å². The molecule has 1 radical (unpaired) electrons. The summed E-state index contributed by atoms with van der Waals surface area (Å²) in [6.45, 7) is 3.34. The van der Waals surface area contributed by atoms with E-state index in [1.807, 2.05) is 0 Å². The smallest absolute Gasteiger partial charge is 0.218 e. The zero-order valence-corrected chi connectivity index (χ0v) is 10.1. The molecule has 0 bridgehead atoms. The molecule has 0 unspecified atom stereocenters. The van der Waals surface area contributed by atoms with Crippen LogP contribution in [0.1, 0.15) is 13.8 Å². The Bertz CT molecular complexity index is 164. The standard InChI is InChI=1S/C4H10O6S.Na/c1-3-7-9-11(5,6)10-8-4-2;/h3-4H2,1-2H3;. The second-order valence-corrected chi connectivity index (χ2v) is 2.45. The van der Waals surface area contributed by atoms with Crippen molar-refractivity contribution in [2.45, 2.75) is 13.8 Å². The topological polar surface area (TPSA) is 71.1 Å². The van der Waals surface area contributed by atoms with Crippen molar-refractivity contribution < 1.29 is 26.9 Å². The van der Waals surface area contributed by atoms with Gasteiger partial charge in [0.15, 0.2) is 0 Å².